The minimum atomic E-state index is -0.955. The van der Waals surface area contributed by atoms with Gasteiger partial charge in [-0.05, 0) is 54.5 Å². The number of benzene rings is 1. The number of alkyl carbamates (subject to hydrolysis) is 1. The predicted molar refractivity (Wildman–Crippen MR) is 170 cm³/mol. The van der Waals surface area contributed by atoms with E-state index in [4.69, 9.17) is 14.5 Å². The third kappa shape index (κ3) is 10.1. The summed E-state index contributed by atoms with van der Waals surface area (Å²) in [6.07, 6.45) is 4.79. The number of pyridine rings is 1. The Bertz CT molecular complexity index is 1600. The van der Waals surface area contributed by atoms with Crippen molar-refractivity contribution in [1.29, 1.82) is 0 Å². The van der Waals surface area contributed by atoms with Crippen LogP contribution >= 0.6 is 0 Å². The summed E-state index contributed by atoms with van der Waals surface area (Å²) >= 11 is 0. The van der Waals surface area contributed by atoms with Crippen LogP contribution in [0, 0.1) is 11.2 Å². The van der Waals surface area contributed by atoms with Gasteiger partial charge in [-0.25, -0.2) is 14.2 Å². The molecule has 1 aromatic carbocycles. The smallest absolute Gasteiger partial charge is 0.407 e. The third-order valence-corrected chi connectivity index (χ3v) is 7.14. The minimum absolute atomic E-state index is 0.0103. The zero-order valence-corrected chi connectivity index (χ0v) is 27.2. The number of amides is 2. The van der Waals surface area contributed by atoms with Crippen LogP contribution in [0.15, 0.2) is 47.4 Å². The second-order valence-electron chi connectivity index (χ2n) is 12.4. The number of carbonyl (C=O) groups excluding carboxylic acids is 3. The molecular formula is C33H44FN5O6. The number of imidazole rings is 1. The molecule has 0 saturated heterocycles. The SMILES string of the molecule is COCCOC(=O)N[C@@H](CC/C=C/C(=O)N(C)C)C(=O)Cc1cccn(Cc2nc3c(CC(C)(C)C)cc(F)cc3n2C)c1=O. The number of fused-ring (bicyclic) bond motifs is 1. The first-order valence-electron chi connectivity index (χ1n) is 14.8. The lowest BCUT2D eigenvalue weighted by Gasteiger charge is -2.18. The summed E-state index contributed by atoms with van der Waals surface area (Å²) in [5.41, 5.74) is 1.91. The van der Waals surface area contributed by atoms with Gasteiger partial charge in [0.15, 0.2) is 5.78 Å². The second-order valence-corrected chi connectivity index (χ2v) is 12.4. The Kier molecular flexibility index (Phi) is 12.2. The highest BCUT2D eigenvalue weighted by Crippen LogP contribution is 2.28. The summed E-state index contributed by atoms with van der Waals surface area (Å²) in [5, 5.41) is 2.58. The highest BCUT2D eigenvalue weighted by molar-refractivity contribution is 5.89. The van der Waals surface area contributed by atoms with E-state index in [1.54, 1.807) is 50.1 Å². The lowest BCUT2D eigenvalue weighted by atomic mass is 9.87. The summed E-state index contributed by atoms with van der Waals surface area (Å²) in [6, 6.07) is 5.24. The Morgan fingerprint density at radius 1 is 1.16 bits per heavy atom. The van der Waals surface area contributed by atoms with Crippen molar-refractivity contribution in [3.63, 3.8) is 0 Å². The van der Waals surface area contributed by atoms with Crippen LogP contribution in [0.4, 0.5) is 9.18 Å². The van der Waals surface area contributed by atoms with E-state index in [0.29, 0.717) is 29.7 Å². The molecule has 0 unspecified atom stereocenters. The van der Waals surface area contributed by atoms with E-state index in [-0.39, 0.29) is 66.6 Å². The fourth-order valence-corrected chi connectivity index (χ4v) is 4.84. The number of aromatic nitrogens is 3. The lowest BCUT2D eigenvalue weighted by Crippen LogP contribution is -2.42. The summed E-state index contributed by atoms with van der Waals surface area (Å²) < 4.78 is 27.7. The molecule has 2 aromatic heterocycles. The van der Waals surface area contributed by atoms with Gasteiger partial charge in [-0.15, -0.1) is 0 Å². The van der Waals surface area contributed by atoms with E-state index in [9.17, 15) is 23.6 Å². The molecule has 45 heavy (non-hydrogen) atoms. The Morgan fingerprint density at radius 3 is 2.56 bits per heavy atom. The molecular weight excluding hydrogens is 581 g/mol. The van der Waals surface area contributed by atoms with E-state index in [1.165, 1.54) is 34.8 Å². The fraction of sp³-hybridized carbons (Fsp3) is 0.485. The van der Waals surface area contributed by atoms with E-state index < -0.39 is 12.1 Å². The van der Waals surface area contributed by atoms with Crippen molar-refractivity contribution in [2.75, 3.05) is 34.4 Å². The summed E-state index contributed by atoms with van der Waals surface area (Å²) in [4.78, 5) is 57.3. The number of allylic oxidation sites excluding steroid dienone is 1. The Hall–Kier alpha value is -4.32. The van der Waals surface area contributed by atoms with Crippen molar-refractivity contribution in [2.45, 2.75) is 59.0 Å². The third-order valence-electron chi connectivity index (χ3n) is 7.14. The summed E-state index contributed by atoms with van der Waals surface area (Å²) in [5.74, 6) is -0.370. The van der Waals surface area contributed by atoms with Gasteiger partial charge in [-0.1, -0.05) is 32.9 Å². The molecule has 0 aliphatic rings. The maximum absolute atomic E-state index is 14.5. The van der Waals surface area contributed by atoms with Crippen molar-refractivity contribution >= 4 is 28.8 Å². The molecule has 3 aromatic rings. The van der Waals surface area contributed by atoms with Crippen molar-refractivity contribution in [3.8, 4) is 0 Å². The summed E-state index contributed by atoms with van der Waals surface area (Å²) in [6.45, 7) is 6.55. The molecule has 1 atom stereocenters. The highest BCUT2D eigenvalue weighted by Gasteiger charge is 2.23. The topological polar surface area (TPSA) is 125 Å². The maximum atomic E-state index is 14.5. The number of halogens is 1. The quantitative estimate of drug-likeness (QED) is 0.214. The first-order valence-corrected chi connectivity index (χ1v) is 14.8. The van der Waals surface area contributed by atoms with Crippen LogP contribution in [0.25, 0.3) is 11.0 Å². The van der Waals surface area contributed by atoms with Crippen LogP contribution in [0.1, 0.15) is 50.6 Å². The number of rotatable bonds is 14. The first-order chi connectivity index (χ1) is 21.2. The van der Waals surface area contributed by atoms with Crippen LogP contribution in [0.5, 0.6) is 0 Å². The number of Topliss-reactive ketones (excluding diaryl/α,β-unsaturated/α-hetero) is 1. The van der Waals surface area contributed by atoms with E-state index >= 15 is 0 Å². The highest BCUT2D eigenvalue weighted by atomic mass is 19.1. The average Bonchev–Trinajstić information content (AvgIpc) is 3.26. The number of carbonyl (C=O) groups is 3. The number of nitrogens with zero attached hydrogens (tertiary/aromatic N) is 4. The molecule has 2 heterocycles. The van der Waals surface area contributed by atoms with Gasteiger partial charge >= 0.3 is 6.09 Å². The summed E-state index contributed by atoms with van der Waals surface area (Å²) in [7, 11) is 6.51. The van der Waals surface area contributed by atoms with Crippen LogP contribution in [-0.2, 0) is 45.5 Å². The van der Waals surface area contributed by atoms with Crippen molar-refractivity contribution in [1.82, 2.24) is 24.3 Å². The van der Waals surface area contributed by atoms with Gasteiger partial charge in [0.25, 0.3) is 5.56 Å². The molecule has 1 N–H and O–H groups in total. The molecule has 0 radical (unpaired) electrons. The van der Waals surface area contributed by atoms with E-state index in [2.05, 4.69) is 26.1 Å². The molecule has 2 amide bonds. The largest absolute Gasteiger partial charge is 0.447 e. The standard InChI is InChI=1S/C33H44FN5O6/c1-33(2,3)20-23-17-24(34)19-26-30(23)36-28(38(26)6)21-39-14-10-11-22(31(39)42)18-27(40)25(35-32(43)45-16-15-44-7)12-8-9-13-29(41)37(4)5/h9-11,13-14,17,19,25H,8,12,15-16,18,20-21H2,1-7H3,(H,35,43)/b13-9+/t25-/m0/s1. The van der Waals surface area contributed by atoms with Crippen LogP contribution < -0.4 is 10.9 Å². The molecule has 0 bridgehead atoms. The van der Waals surface area contributed by atoms with Gasteiger partial charge in [0, 0.05) is 46.4 Å². The van der Waals surface area contributed by atoms with Crippen LogP contribution in [0.3, 0.4) is 0 Å². The predicted octanol–water partition coefficient (Wildman–Crippen LogP) is 3.79. The molecule has 3 rings (SSSR count). The fourth-order valence-electron chi connectivity index (χ4n) is 4.84. The number of aryl methyl sites for hydroxylation is 1. The molecule has 0 aliphatic carbocycles. The van der Waals surface area contributed by atoms with Gasteiger partial charge in [0.2, 0.25) is 5.91 Å². The van der Waals surface area contributed by atoms with Gasteiger partial charge in [-0.3, -0.25) is 14.4 Å². The minimum Gasteiger partial charge on any atom is -0.447 e. The number of methoxy groups -OCH3 is 1. The number of ketones is 1. The molecule has 12 heteroatoms. The van der Waals surface area contributed by atoms with E-state index in [1.807, 2.05) is 0 Å². The maximum Gasteiger partial charge on any atom is 0.407 e. The number of likely N-dealkylation sites (N-methyl/N-ethyl adjacent to an activating group) is 1. The zero-order valence-electron chi connectivity index (χ0n) is 27.2. The van der Waals surface area contributed by atoms with Gasteiger partial charge in [0.05, 0.1) is 30.2 Å². The van der Waals surface area contributed by atoms with E-state index in [0.717, 1.165) is 5.56 Å². The number of nitrogens with one attached hydrogen (secondary N) is 1. The second kappa shape index (κ2) is 15.6. The van der Waals surface area contributed by atoms with Crippen LogP contribution in [-0.4, -0.2) is 77.3 Å². The molecule has 0 saturated carbocycles. The normalized spacial score (nSPS) is 12.4. The Labute approximate surface area is 263 Å². The number of hydrogen-bond donors (Lipinski definition) is 1. The Balaban J connectivity index is 1.82. The number of hydrogen-bond acceptors (Lipinski definition) is 7. The molecule has 0 aliphatic heterocycles. The zero-order chi connectivity index (χ0) is 33.3. The van der Waals surface area contributed by atoms with Crippen molar-refractivity contribution in [2.24, 2.45) is 12.5 Å². The molecule has 244 valence electrons. The van der Waals surface area contributed by atoms with Gasteiger partial charge in [-0.2, -0.15) is 0 Å². The monoisotopic (exact) mass is 625 g/mol. The first kappa shape index (κ1) is 35.2. The Morgan fingerprint density at radius 2 is 1.89 bits per heavy atom. The van der Waals surface area contributed by atoms with Crippen LogP contribution in [0.2, 0.25) is 0 Å². The average molecular weight is 626 g/mol. The van der Waals surface area contributed by atoms with Crippen molar-refractivity contribution in [3.05, 3.63) is 75.7 Å². The van der Waals surface area contributed by atoms with Gasteiger partial charge < -0.3 is 28.8 Å². The van der Waals surface area contributed by atoms with Crippen molar-refractivity contribution < 1.29 is 28.2 Å². The lowest BCUT2D eigenvalue weighted by molar-refractivity contribution is -0.123. The number of ether oxygens (including phenoxy) is 2. The van der Waals surface area contributed by atoms with Gasteiger partial charge in [0.1, 0.15) is 18.2 Å². The molecule has 0 spiro atoms. The molecule has 11 nitrogen and oxygen atoms in total. The molecule has 0 fully saturated rings.